The average molecular weight is 379 g/mol. The fraction of sp³-hybridized carbons (Fsp3) is 0.474. The van der Waals surface area contributed by atoms with Gasteiger partial charge in [0.25, 0.3) is 5.91 Å². The highest BCUT2D eigenvalue weighted by Crippen LogP contribution is 2.19. The van der Waals surface area contributed by atoms with E-state index in [2.05, 4.69) is 22.7 Å². The first-order chi connectivity index (χ1) is 12.3. The minimum atomic E-state index is -0.201. The van der Waals surface area contributed by atoms with Crippen molar-refractivity contribution in [3.8, 4) is 5.75 Å². The van der Waals surface area contributed by atoms with Crippen LogP contribution < -0.4 is 15.4 Å². The molecule has 0 saturated carbocycles. The fourth-order valence-electron chi connectivity index (χ4n) is 2.91. The summed E-state index contributed by atoms with van der Waals surface area (Å²) in [4.78, 5) is 12.4. The molecule has 1 atom stereocenters. The van der Waals surface area contributed by atoms with E-state index in [-0.39, 0.29) is 18.3 Å². The number of ether oxygens (including phenoxy) is 1. The van der Waals surface area contributed by atoms with E-state index in [9.17, 15) is 4.79 Å². The number of nitrogens with one attached hydrogen (secondary N) is 2. The van der Waals surface area contributed by atoms with Crippen molar-refractivity contribution >= 4 is 24.0 Å². The smallest absolute Gasteiger partial charge is 0.276 e. The standard InChI is InChI=1S/C19H26N4O2.ClH/c1-2-3-12-25-17-8-4-6-15(13-17)21-19(24)18-9-11-23(22-18)16-7-5-10-20-14-16;/h4,6,8-9,11,13,16,20H,2-3,5,7,10,12,14H2,1H3,(H,21,24);1H. The molecular weight excluding hydrogens is 352 g/mol. The Morgan fingerprint density at radius 1 is 1.42 bits per heavy atom. The number of carbonyl (C=O) groups is 1. The summed E-state index contributed by atoms with van der Waals surface area (Å²) >= 11 is 0. The average Bonchev–Trinajstić information content (AvgIpc) is 3.13. The maximum Gasteiger partial charge on any atom is 0.276 e. The van der Waals surface area contributed by atoms with E-state index in [0.717, 1.165) is 44.5 Å². The molecule has 2 aromatic rings. The molecule has 1 unspecified atom stereocenters. The molecule has 3 rings (SSSR count). The van der Waals surface area contributed by atoms with Crippen LogP contribution in [-0.2, 0) is 0 Å². The van der Waals surface area contributed by atoms with Crippen molar-refractivity contribution in [3.63, 3.8) is 0 Å². The molecule has 1 aromatic heterocycles. The van der Waals surface area contributed by atoms with Crippen molar-refractivity contribution < 1.29 is 9.53 Å². The number of benzene rings is 1. The zero-order chi connectivity index (χ0) is 17.5. The van der Waals surface area contributed by atoms with Gasteiger partial charge in [-0.1, -0.05) is 19.4 Å². The Bertz CT molecular complexity index is 698. The summed E-state index contributed by atoms with van der Waals surface area (Å²) in [5.74, 6) is 0.568. The summed E-state index contributed by atoms with van der Waals surface area (Å²) in [6, 6.07) is 9.57. The van der Waals surface area contributed by atoms with Crippen LogP contribution in [0.15, 0.2) is 36.5 Å². The third-order valence-electron chi connectivity index (χ3n) is 4.34. The largest absolute Gasteiger partial charge is 0.494 e. The van der Waals surface area contributed by atoms with E-state index >= 15 is 0 Å². The molecule has 1 fully saturated rings. The van der Waals surface area contributed by atoms with E-state index in [4.69, 9.17) is 4.74 Å². The fourth-order valence-corrected chi connectivity index (χ4v) is 2.91. The predicted octanol–water partition coefficient (Wildman–Crippen LogP) is 3.66. The van der Waals surface area contributed by atoms with Gasteiger partial charge in [-0.05, 0) is 44.0 Å². The Hall–Kier alpha value is -2.05. The van der Waals surface area contributed by atoms with Crippen LogP contribution in [0, 0.1) is 0 Å². The molecular formula is C19H27ClN4O2. The van der Waals surface area contributed by atoms with Crippen molar-refractivity contribution in [2.24, 2.45) is 0 Å². The van der Waals surface area contributed by atoms with Gasteiger partial charge in [0, 0.05) is 24.5 Å². The number of anilines is 1. The molecule has 1 aliphatic rings. The molecule has 7 heteroatoms. The summed E-state index contributed by atoms with van der Waals surface area (Å²) in [5, 5.41) is 10.7. The van der Waals surface area contributed by atoms with Gasteiger partial charge in [0.2, 0.25) is 0 Å². The molecule has 0 bridgehead atoms. The maximum absolute atomic E-state index is 12.4. The van der Waals surface area contributed by atoms with Crippen molar-refractivity contribution in [2.75, 3.05) is 25.0 Å². The summed E-state index contributed by atoms with van der Waals surface area (Å²) in [6.45, 7) is 4.78. The van der Waals surface area contributed by atoms with E-state index in [1.807, 2.05) is 35.1 Å². The summed E-state index contributed by atoms with van der Waals surface area (Å²) in [5.41, 5.74) is 1.15. The van der Waals surface area contributed by atoms with Crippen LogP contribution in [0.3, 0.4) is 0 Å². The predicted molar refractivity (Wildman–Crippen MR) is 105 cm³/mol. The lowest BCUT2D eigenvalue weighted by atomic mass is 10.1. The van der Waals surface area contributed by atoms with Crippen LogP contribution in [0.4, 0.5) is 5.69 Å². The highest BCUT2D eigenvalue weighted by atomic mass is 35.5. The molecule has 26 heavy (non-hydrogen) atoms. The van der Waals surface area contributed by atoms with Crippen molar-refractivity contribution in [2.45, 2.75) is 38.6 Å². The minimum Gasteiger partial charge on any atom is -0.494 e. The number of unbranched alkanes of at least 4 members (excludes halogenated alkanes) is 1. The number of hydrogen-bond donors (Lipinski definition) is 2. The quantitative estimate of drug-likeness (QED) is 0.721. The molecule has 0 radical (unpaired) electrons. The van der Waals surface area contributed by atoms with Crippen LogP contribution >= 0.6 is 12.4 Å². The Balaban J connectivity index is 0.00000243. The van der Waals surface area contributed by atoms with Crippen molar-refractivity contribution in [1.29, 1.82) is 0 Å². The van der Waals surface area contributed by atoms with Gasteiger partial charge < -0.3 is 15.4 Å². The van der Waals surface area contributed by atoms with Crippen molar-refractivity contribution in [3.05, 3.63) is 42.2 Å². The summed E-state index contributed by atoms with van der Waals surface area (Å²) in [6.07, 6.45) is 6.22. The molecule has 1 aliphatic heterocycles. The van der Waals surface area contributed by atoms with E-state index in [1.165, 1.54) is 0 Å². The number of carbonyl (C=O) groups excluding carboxylic acids is 1. The zero-order valence-electron chi connectivity index (χ0n) is 15.1. The van der Waals surface area contributed by atoms with Gasteiger partial charge in [-0.2, -0.15) is 5.10 Å². The second kappa shape index (κ2) is 10.2. The third-order valence-corrected chi connectivity index (χ3v) is 4.34. The highest BCUT2D eigenvalue weighted by molar-refractivity contribution is 6.02. The Kier molecular flexibility index (Phi) is 7.94. The lowest BCUT2D eigenvalue weighted by molar-refractivity contribution is 0.102. The van der Waals surface area contributed by atoms with Crippen LogP contribution in [0.2, 0.25) is 0 Å². The second-order valence-corrected chi connectivity index (χ2v) is 6.37. The molecule has 0 spiro atoms. The first kappa shape index (κ1) is 20.3. The monoisotopic (exact) mass is 378 g/mol. The van der Waals surface area contributed by atoms with E-state index in [1.54, 1.807) is 6.07 Å². The van der Waals surface area contributed by atoms with Gasteiger partial charge in [-0.25, -0.2) is 0 Å². The highest BCUT2D eigenvalue weighted by Gasteiger charge is 2.17. The molecule has 1 amide bonds. The normalized spacial score (nSPS) is 16.6. The molecule has 1 aromatic carbocycles. The molecule has 6 nitrogen and oxygen atoms in total. The number of hydrogen-bond acceptors (Lipinski definition) is 4. The van der Waals surface area contributed by atoms with Gasteiger partial charge in [-0.15, -0.1) is 12.4 Å². The number of nitrogens with zero attached hydrogens (tertiary/aromatic N) is 2. The first-order valence-electron chi connectivity index (χ1n) is 9.06. The van der Waals surface area contributed by atoms with Gasteiger partial charge in [0.05, 0.1) is 12.6 Å². The number of rotatable bonds is 7. The third kappa shape index (κ3) is 5.47. The number of aromatic nitrogens is 2. The topological polar surface area (TPSA) is 68.2 Å². The molecule has 2 heterocycles. The SMILES string of the molecule is CCCCOc1cccc(NC(=O)c2ccn(C3CCCNC3)n2)c1.Cl. The second-order valence-electron chi connectivity index (χ2n) is 6.37. The van der Waals surface area contributed by atoms with E-state index in [0.29, 0.717) is 24.0 Å². The first-order valence-corrected chi connectivity index (χ1v) is 9.06. The Morgan fingerprint density at radius 2 is 2.31 bits per heavy atom. The van der Waals surface area contributed by atoms with Crippen molar-refractivity contribution in [1.82, 2.24) is 15.1 Å². The maximum atomic E-state index is 12.4. The van der Waals surface area contributed by atoms with E-state index < -0.39 is 0 Å². The van der Waals surface area contributed by atoms with Crippen LogP contribution in [0.25, 0.3) is 0 Å². The summed E-state index contributed by atoms with van der Waals surface area (Å²) < 4.78 is 7.57. The lowest BCUT2D eigenvalue weighted by Gasteiger charge is -2.22. The molecule has 1 saturated heterocycles. The van der Waals surface area contributed by atoms with Gasteiger partial charge in [0.15, 0.2) is 5.69 Å². The van der Waals surface area contributed by atoms with Gasteiger partial charge >= 0.3 is 0 Å². The molecule has 2 N–H and O–H groups in total. The molecule has 0 aliphatic carbocycles. The van der Waals surface area contributed by atoms with Crippen LogP contribution in [0.1, 0.15) is 49.1 Å². The van der Waals surface area contributed by atoms with Crippen LogP contribution in [0.5, 0.6) is 5.75 Å². The summed E-state index contributed by atoms with van der Waals surface area (Å²) in [7, 11) is 0. The minimum absolute atomic E-state index is 0. The van der Waals surface area contributed by atoms with Gasteiger partial charge in [-0.3, -0.25) is 9.48 Å². The molecule has 142 valence electrons. The van der Waals surface area contributed by atoms with Crippen LogP contribution in [-0.4, -0.2) is 35.4 Å². The number of piperidine rings is 1. The Labute approximate surface area is 160 Å². The Morgan fingerprint density at radius 3 is 3.08 bits per heavy atom. The van der Waals surface area contributed by atoms with Gasteiger partial charge in [0.1, 0.15) is 5.75 Å². The number of halogens is 1. The number of amides is 1. The zero-order valence-corrected chi connectivity index (χ0v) is 15.9. The lowest BCUT2D eigenvalue weighted by Crippen LogP contribution is -2.32.